The standard InChI is InChI=1S/C13H22N2O2/c1-2-15-13-10-16-9-11(13)8-14-6-5-12-4-3-7-17-12/h3-4,7,11,13-15H,2,5-6,8-10H2,1H3. The summed E-state index contributed by atoms with van der Waals surface area (Å²) in [6, 6.07) is 4.46. The van der Waals surface area contributed by atoms with Crippen LogP contribution in [0.25, 0.3) is 0 Å². The van der Waals surface area contributed by atoms with Crippen molar-refractivity contribution in [3.63, 3.8) is 0 Å². The van der Waals surface area contributed by atoms with E-state index in [-0.39, 0.29) is 0 Å². The molecule has 4 heteroatoms. The fourth-order valence-corrected chi connectivity index (χ4v) is 2.24. The minimum absolute atomic E-state index is 0.510. The molecule has 0 aliphatic carbocycles. The minimum atomic E-state index is 0.510. The van der Waals surface area contributed by atoms with Gasteiger partial charge in [-0.2, -0.15) is 0 Å². The summed E-state index contributed by atoms with van der Waals surface area (Å²) in [6.07, 6.45) is 2.67. The van der Waals surface area contributed by atoms with Gasteiger partial charge in [-0.05, 0) is 18.7 Å². The molecule has 0 radical (unpaired) electrons. The normalized spacial score (nSPS) is 24.3. The first-order chi connectivity index (χ1) is 8.40. The first-order valence-electron chi connectivity index (χ1n) is 6.44. The lowest BCUT2D eigenvalue weighted by Crippen LogP contribution is -2.40. The maximum Gasteiger partial charge on any atom is 0.105 e. The molecule has 0 saturated carbocycles. The molecule has 17 heavy (non-hydrogen) atoms. The molecule has 1 aliphatic rings. The van der Waals surface area contributed by atoms with Crippen molar-refractivity contribution in [3.05, 3.63) is 24.2 Å². The van der Waals surface area contributed by atoms with E-state index in [2.05, 4.69) is 17.6 Å². The van der Waals surface area contributed by atoms with Crippen molar-refractivity contribution >= 4 is 0 Å². The van der Waals surface area contributed by atoms with Crippen LogP contribution in [-0.2, 0) is 11.2 Å². The Morgan fingerprint density at radius 2 is 2.35 bits per heavy atom. The summed E-state index contributed by atoms with van der Waals surface area (Å²) in [7, 11) is 0. The zero-order valence-electron chi connectivity index (χ0n) is 10.4. The molecule has 2 unspecified atom stereocenters. The first kappa shape index (κ1) is 12.6. The smallest absolute Gasteiger partial charge is 0.105 e. The maximum atomic E-state index is 5.50. The Morgan fingerprint density at radius 1 is 1.41 bits per heavy atom. The fraction of sp³-hybridized carbons (Fsp3) is 0.692. The van der Waals surface area contributed by atoms with Gasteiger partial charge in [0.05, 0.1) is 19.5 Å². The van der Waals surface area contributed by atoms with Crippen LogP contribution in [0.3, 0.4) is 0 Å². The average molecular weight is 238 g/mol. The molecular weight excluding hydrogens is 216 g/mol. The number of hydrogen-bond donors (Lipinski definition) is 2. The van der Waals surface area contributed by atoms with Crippen LogP contribution in [0.5, 0.6) is 0 Å². The van der Waals surface area contributed by atoms with E-state index < -0.39 is 0 Å². The zero-order chi connectivity index (χ0) is 11.9. The third kappa shape index (κ3) is 3.84. The number of likely N-dealkylation sites (N-methyl/N-ethyl adjacent to an activating group) is 1. The summed E-state index contributed by atoms with van der Waals surface area (Å²) >= 11 is 0. The molecule has 2 N–H and O–H groups in total. The fourth-order valence-electron chi connectivity index (χ4n) is 2.24. The predicted molar refractivity (Wildman–Crippen MR) is 67.1 cm³/mol. The van der Waals surface area contributed by atoms with Crippen molar-refractivity contribution in [3.8, 4) is 0 Å². The van der Waals surface area contributed by atoms with Gasteiger partial charge in [0, 0.05) is 31.5 Å². The summed E-state index contributed by atoms with van der Waals surface area (Å²) in [4.78, 5) is 0. The van der Waals surface area contributed by atoms with E-state index in [0.717, 1.165) is 45.0 Å². The van der Waals surface area contributed by atoms with Crippen LogP contribution in [0, 0.1) is 5.92 Å². The number of rotatable bonds is 7. The van der Waals surface area contributed by atoms with Crippen LogP contribution >= 0.6 is 0 Å². The topological polar surface area (TPSA) is 46.4 Å². The minimum Gasteiger partial charge on any atom is -0.469 e. The first-order valence-corrected chi connectivity index (χ1v) is 6.44. The van der Waals surface area contributed by atoms with Crippen molar-refractivity contribution in [2.75, 3.05) is 32.8 Å². The van der Waals surface area contributed by atoms with Crippen molar-refractivity contribution in [1.29, 1.82) is 0 Å². The number of hydrogen-bond acceptors (Lipinski definition) is 4. The van der Waals surface area contributed by atoms with E-state index in [4.69, 9.17) is 9.15 Å². The highest BCUT2D eigenvalue weighted by molar-refractivity contribution is 4.98. The van der Waals surface area contributed by atoms with E-state index in [9.17, 15) is 0 Å². The summed E-state index contributed by atoms with van der Waals surface area (Å²) in [6.45, 7) is 6.83. The second-order valence-electron chi connectivity index (χ2n) is 4.50. The van der Waals surface area contributed by atoms with Crippen molar-refractivity contribution in [1.82, 2.24) is 10.6 Å². The SMILES string of the molecule is CCNC1COCC1CNCCc1ccco1. The molecule has 1 aromatic rings. The monoisotopic (exact) mass is 238 g/mol. The molecule has 0 aromatic carbocycles. The molecular formula is C13H22N2O2. The Bertz CT molecular complexity index is 300. The summed E-state index contributed by atoms with van der Waals surface area (Å²) < 4.78 is 10.8. The van der Waals surface area contributed by atoms with Gasteiger partial charge in [-0.15, -0.1) is 0 Å². The van der Waals surface area contributed by atoms with E-state index in [1.54, 1.807) is 6.26 Å². The molecule has 96 valence electrons. The van der Waals surface area contributed by atoms with Crippen LogP contribution in [-0.4, -0.2) is 38.9 Å². The summed E-state index contributed by atoms with van der Waals surface area (Å²) in [5.74, 6) is 1.63. The van der Waals surface area contributed by atoms with Crippen molar-refractivity contribution in [2.24, 2.45) is 5.92 Å². The second kappa shape index (κ2) is 6.79. The Hall–Kier alpha value is -0.840. The van der Waals surface area contributed by atoms with E-state index in [1.165, 1.54) is 0 Å². The van der Waals surface area contributed by atoms with Gasteiger partial charge in [-0.1, -0.05) is 6.92 Å². The van der Waals surface area contributed by atoms with Crippen LogP contribution in [0.15, 0.2) is 22.8 Å². The van der Waals surface area contributed by atoms with Gasteiger partial charge in [0.2, 0.25) is 0 Å². The van der Waals surface area contributed by atoms with E-state index in [0.29, 0.717) is 12.0 Å². The van der Waals surface area contributed by atoms with Crippen LogP contribution < -0.4 is 10.6 Å². The number of nitrogens with one attached hydrogen (secondary N) is 2. The molecule has 2 atom stereocenters. The van der Waals surface area contributed by atoms with Gasteiger partial charge in [0.15, 0.2) is 0 Å². The van der Waals surface area contributed by atoms with Gasteiger partial charge in [0.1, 0.15) is 5.76 Å². The molecule has 1 aromatic heterocycles. The molecule has 1 aliphatic heterocycles. The van der Waals surface area contributed by atoms with E-state index >= 15 is 0 Å². The van der Waals surface area contributed by atoms with Gasteiger partial charge >= 0.3 is 0 Å². The third-order valence-corrected chi connectivity index (χ3v) is 3.20. The van der Waals surface area contributed by atoms with Crippen LogP contribution in [0.1, 0.15) is 12.7 Å². The van der Waals surface area contributed by atoms with Gasteiger partial charge in [-0.25, -0.2) is 0 Å². The molecule has 4 nitrogen and oxygen atoms in total. The largest absolute Gasteiger partial charge is 0.469 e. The molecule has 2 rings (SSSR count). The van der Waals surface area contributed by atoms with Gasteiger partial charge in [-0.3, -0.25) is 0 Å². The molecule has 0 amide bonds. The van der Waals surface area contributed by atoms with Gasteiger partial charge < -0.3 is 19.8 Å². The molecule has 1 fully saturated rings. The summed E-state index contributed by atoms with van der Waals surface area (Å²) in [5.41, 5.74) is 0. The molecule has 0 spiro atoms. The molecule has 0 bridgehead atoms. The Labute approximate surface area is 103 Å². The Balaban J connectivity index is 1.61. The second-order valence-corrected chi connectivity index (χ2v) is 4.50. The number of furan rings is 1. The van der Waals surface area contributed by atoms with Crippen molar-refractivity contribution in [2.45, 2.75) is 19.4 Å². The van der Waals surface area contributed by atoms with E-state index in [1.807, 2.05) is 12.1 Å². The molecule has 1 saturated heterocycles. The maximum absolute atomic E-state index is 5.50. The highest BCUT2D eigenvalue weighted by atomic mass is 16.5. The Morgan fingerprint density at radius 3 is 3.12 bits per heavy atom. The Kier molecular flexibility index (Phi) is 5.04. The highest BCUT2D eigenvalue weighted by Crippen LogP contribution is 2.12. The van der Waals surface area contributed by atoms with Crippen LogP contribution in [0.2, 0.25) is 0 Å². The summed E-state index contributed by atoms with van der Waals surface area (Å²) in [5, 5.41) is 6.94. The number of ether oxygens (including phenoxy) is 1. The lowest BCUT2D eigenvalue weighted by Gasteiger charge is -2.18. The van der Waals surface area contributed by atoms with Crippen LogP contribution in [0.4, 0.5) is 0 Å². The van der Waals surface area contributed by atoms with Crippen molar-refractivity contribution < 1.29 is 9.15 Å². The lowest BCUT2D eigenvalue weighted by molar-refractivity contribution is 0.182. The van der Waals surface area contributed by atoms with Gasteiger partial charge in [0.25, 0.3) is 0 Å². The lowest BCUT2D eigenvalue weighted by atomic mass is 10.0. The average Bonchev–Trinajstić information content (AvgIpc) is 2.96. The quantitative estimate of drug-likeness (QED) is 0.697. The predicted octanol–water partition coefficient (Wildman–Crippen LogP) is 1.04. The highest BCUT2D eigenvalue weighted by Gasteiger charge is 2.26. The third-order valence-electron chi connectivity index (χ3n) is 3.20. The molecule has 2 heterocycles. The zero-order valence-corrected chi connectivity index (χ0v) is 10.4.